The number of urea groups is 1. The minimum atomic E-state index is -0.785. The number of hydrogen-bond acceptors (Lipinski definition) is 3. The largest absolute Gasteiger partial charge is 0.352 e. The van der Waals surface area contributed by atoms with Crippen LogP contribution in [-0.2, 0) is 4.79 Å². The molecule has 0 radical (unpaired) electrons. The van der Waals surface area contributed by atoms with E-state index in [4.69, 9.17) is 0 Å². The molecular formula is C21H31FN4O3. The van der Waals surface area contributed by atoms with Crippen LogP contribution in [0.15, 0.2) is 24.3 Å². The van der Waals surface area contributed by atoms with Crippen LogP contribution in [0.25, 0.3) is 0 Å². The van der Waals surface area contributed by atoms with Gasteiger partial charge in [-0.05, 0) is 51.2 Å². The summed E-state index contributed by atoms with van der Waals surface area (Å²) in [5, 5.41) is 8.42. The Labute approximate surface area is 171 Å². The van der Waals surface area contributed by atoms with Crippen molar-refractivity contribution >= 4 is 17.8 Å². The predicted molar refractivity (Wildman–Crippen MR) is 109 cm³/mol. The fraction of sp³-hybridized carbons (Fsp3) is 0.571. The summed E-state index contributed by atoms with van der Waals surface area (Å²) in [4.78, 5) is 39.2. The lowest BCUT2D eigenvalue weighted by Crippen LogP contribution is -2.55. The molecule has 3 N–H and O–H groups in total. The van der Waals surface area contributed by atoms with E-state index < -0.39 is 17.8 Å². The molecule has 1 aliphatic rings. The monoisotopic (exact) mass is 406 g/mol. The molecule has 1 heterocycles. The zero-order valence-electron chi connectivity index (χ0n) is 17.3. The van der Waals surface area contributed by atoms with Crippen LogP contribution < -0.4 is 16.0 Å². The number of nitrogens with one attached hydrogen (secondary N) is 3. The van der Waals surface area contributed by atoms with Crippen molar-refractivity contribution in [2.24, 2.45) is 5.92 Å². The summed E-state index contributed by atoms with van der Waals surface area (Å²) in [5.41, 5.74) is -0.0893. The van der Waals surface area contributed by atoms with Gasteiger partial charge in [-0.3, -0.25) is 9.59 Å². The first-order chi connectivity index (χ1) is 13.9. The molecule has 0 saturated carbocycles. The van der Waals surface area contributed by atoms with E-state index in [-0.39, 0.29) is 29.5 Å². The van der Waals surface area contributed by atoms with E-state index >= 15 is 0 Å². The predicted octanol–water partition coefficient (Wildman–Crippen LogP) is 2.28. The Morgan fingerprint density at radius 2 is 1.79 bits per heavy atom. The van der Waals surface area contributed by atoms with Crippen LogP contribution in [0.4, 0.5) is 9.18 Å². The van der Waals surface area contributed by atoms with E-state index in [1.54, 1.807) is 11.0 Å². The molecule has 1 aliphatic heterocycles. The third kappa shape index (κ3) is 6.17. The van der Waals surface area contributed by atoms with Crippen molar-refractivity contribution in [1.29, 1.82) is 0 Å². The summed E-state index contributed by atoms with van der Waals surface area (Å²) in [5.74, 6) is -1.66. The molecule has 8 heteroatoms. The number of hydrogen-bond donors (Lipinski definition) is 3. The SMILES string of the molecule is CCNC(=O)N1CCC(C(NC(=O)c2ccccc2F)C(=O)NC(C)CC)CC1. The molecule has 4 amide bonds. The molecule has 0 aliphatic carbocycles. The highest BCUT2D eigenvalue weighted by atomic mass is 19.1. The maximum Gasteiger partial charge on any atom is 0.317 e. The molecule has 1 aromatic carbocycles. The Morgan fingerprint density at radius 1 is 1.14 bits per heavy atom. The minimum absolute atomic E-state index is 0.0363. The summed E-state index contributed by atoms with van der Waals surface area (Å²) in [6, 6.07) is 4.76. The van der Waals surface area contributed by atoms with Crippen LogP contribution in [0.1, 0.15) is 50.4 Å². The van der Waals surface area contributed by atoms with Gasteiger partial charge in [0, 0.05) is 25.7 Å². The maximum atomic E-state index is 14.0. The van der Waals surface area contributed by atoms with Gasteiger partial charge in [0.05, 0.1) is 5.56 Å². The third-order valence-corrected chi connectivity index (χ3v) is 5.31. The second-order valence-electron chi connectivity index (χ2n) is 7.41. The Kier molecular flexibility index (Phi) is 8.42. The normalized spacial score (nSPS) is 16.6. The Bertz CT molecular complexity index is 720. The standard InChI is InChI=1S/C21H31FN4O3/c1-4-14(3)24-20(28)18(25-19(27)16-8-6-7-9-17(16)22)15-10-12-26(13-11-15)21(29)23-5-2/h6-9,14-15,18H,4-5,10-13H2,1-3H3,(H,23,29)(H,24,28)(H,25,27). The molecule has 0 aromatic heterocycles. The zero-order chi connectivity index (χ0) is 21.4. The summed E-state index contributed by atoms with van der Waals surface area (Å²) in [6.07, 6.45) is 1.91. The minimum Gasteiger partial charge on any atom is -0.352 e. The number of rotatable bonds is 7. The first kappa shape index (κ1) is 22.6. The van der Waals surface area contributed by atoms with Crippen molar-refractivity contribution in [2.75, 3.05) is 19.6 Å². The van der Waals surface area contributed by atoms with Crippen LogP contribution >= 0.6 is 0 Å². The van der Waals surface area contributed by atoms with Crippen LogP contribution in [0.5, 0.6) is 0 Å². The van der Waals surface area contributed by atoms with Gasteiger partial charge in [0.2, 0.25) is 5.91 Å². The van der Waals surface area contributed by atoms with Crippen molar-refractivity contribution in [1.82, 2.24) is 20.9 Å². The van der Waals surface area contributed by atoms with E-state index in [9.17, 15) is 18.8 Å². The second-order valence-corrected chi connectivity index (χ2v) is 7.41. The Hall–Kier alpha value is -2.64. The summed E-state index contributed by atoms with van der Waals surface area (Å²) < 4.78 is 14.0. The summed E-state index contributed by atoms with van der Waals surface area (Å²) >= 11 is 0. The number of amides is 4. The van der Waals surface area contributed by atoms with Gasteiger partial charge in [-0.1, -0.05) is 19.1 Å². The van der Waals surface area contributed by atoms with Crippen LogP contribution in [0, 0.1) is 11.7 Å². The van der Waals surface area contributed by atoms with E-state index in [0.29, 0.717) is 32.5 Å². The van der Waals surface area contributed by atoms with Gasteiger partial charge in [0.25, 0.3) is 5.91 Å². The fourth-order valence-corrected chi connectivity index (χ4v) is 3.40. The number of benzene rings is 1. The molecular weight excluding hydrogens is 375 g/mol. The van der Waals surface area contributed by atoms with Crippen LogP contribution in [0.3, 0.4) is 0 Å². The number of nitrogens with zero attached hydrogens (tertiary/aromatic N) is 1. The number of piperidine rings is 1. The molecule has 1 aromatic rings. The number of carbonyl (C=O) groups is 3. The second kappa shape index (κ2) is 10.8. The van der Waals surface area contributed by atoms with Gasteiger partial charge in [0.15, 0.2) is 0 Å². The average molecular weight is 407 g/mol. The molecule has 29 heavy (non-hydrogen) atoms. The topological polar surface area (TPSA) is 90.5 Å². The maximum absolute atomic E-state index is 14.0. The van der Waals surface area contributed by atoms with Crippen molar-refractivity contribution < 1.29 is 18.8 Å². The lowest BCUT2D eigenvalue weighted by molar-refractivity contribution is -0.125. The number of halogens is 1. The van der Waals surface area contributed by atoms with E-state index in [1.807, 2.05) is 20.8 Å². The van der Waals surface area contributed by atoms with Crippen molar-refractivity contribution in [2.45, 2.75) is 52.1 Å². The number of likely N-dealkylation sites (tertiary alicyclic amines) is 1. The van der Waals surface area contributed by atoms with Gasteiger partial charge in [-0.25, -0.2) is 9.18 Å². The van der Waals surface area contributed by atoms with Crippen molar-refractivity contribution in [3.63, 3.8) is 0 Å². The summed E-state index contributed by atoms with van der Waals surface area (Å²) in [6.45, 7) is 7.27. The van der Waals surface area contributed by atoms with Crippen molar-refractivity contribution in [3.8, 4) is 0 Å². The molecule has 2 unspecified atom stereocenters. The molecule has 0 bridgehead atoms. The third-order valence-electron chi connectivity index (χ3n) is 5.31. The summed E-state index contributed by atoms with van der Waals surface area (Å²) in [7, 11) is 0. The average Bonchev–Trinajstić information content (AvgIpc) is 2.72. The highest BCUT2D eigenvalue weighted by molar-refractivity contribution is 5.97. The molecule has 1 saturated heterocycles. The first-order valence-electron chi connectivity index (χ1n) is 10.3. The lowest BCUT2D eigenvalue weighted by atomic mass is 9.88. The Balaban J connectivity index is 2.11. The van der Waals surface area contributed by atoms with Gasteiger partial charge in [-0.2, -0.15) is 0 Å². The molecule has 7 nitrogen and oxygen atoms in total. The van der Waals surface area contributed by atoms with Crippen molar-refractivity contribution in [3.05, 3.63) is 35.6 Å². The van der Waals surface area contributed by atoms with Gasteiger partial charge in [0.1, 0.15) is 11.9 Å². The van der Waals surface area contributed by atoms with Gasteiger partial charge < -0.3 is 20.9 Å². The van der Waals surface area contributed by atoms with E-state index in [2.05, 4.69) is 16.0 Å². The molecule has 2 atom stereocenters. The fourth-order valence-electron chi connectivity index (χ4n) is 3.40. The smallest absolute Gasteiger partial charge is 0.317 e. The number of carbonyl (C=O) groups excluding carboxylic acids is 3. The van der Waals surface area contributed by atoms with Gasteiger partial charge in [-0.15, -0.1) is 0 Å². The highest BCUT2D eigenvalue weighted by Gasteiger charge is 2.34. The lowest BCUT2D eigenvalue weighted by Gasteiger charge is -2.36. The van der Waals surface area contributed by atoms with Crippen LogP contribution in [0.2, 0.25) is 0 Å². The molecule has 2 rings (SSSR count). The quantitative estimate of drug-likeness (QED) is 0.649. The van der Waals surface area contributed by atoms with E-state index in [0.717, 1.165) is 6.42 Å². The molecule has 1 fully saturated rings. The first-order valence-corrected chi connectivity index (χ1v) is 10.3. The Morgan fingerprint density at radius 3 is 2.38 bits per heavy atom. The van der Waals surface area contributed by atoms with Crippen LogP contribution in [-0.4, -0.2) is 54.5 Å². The molecule has 0 spiro atoms. The zero-order valence-corrected chi connectivity index (χ0v) is 17.3. The highest BCUT2D eigenvalue weighted by Crippen LogP contribution is 2.22. The van der Waals surface area contributed by atoms with Gasteiger partial charge >= 0.3 is 6.03 Å². The molecule has 160 valence electrons. The van der Waals surface area contributed by atoms with E-state index in [1.165, 1.54) is 18.2 Å².